The molecule has 0 N–H and O–H groups in total. The Morgan fingerprint density at radius 3 is 1.12 bits per heavy atom. The van der Waals surface area contributed by atoms with Crippen LogP contribution < -0.4 is 0 Å². The first-order valence-electron chi connectivity index (χ1n) is 7.03. The van der Waals surface area contributed by atoms with Crippen LogP contribution in [0.25, 0.3) is 0 Å². The quantitative estimate of drug-likeness (QED) is 0.235. The SMILES string of the molecule is C=C[Si](Cl)(Cl)Cl.C=C[Si](OCCOC)(OCCOC)OCCOC. The van der Waals surface area contributed by atoms with Crippen molar-refractivity contribution in [2.24, 2.45) is 0 Å². The van der Waals surface area contributed by atoms with Crippen LogP contribution in [0.2, 0.25) is 0 Å². The molecule has 6 nitrogen and oxygen atoms in total. The van der Waals surface area contributed by atoms with E-state index in [4.69, 9.17) is 60.7 Å². The first kappa shape index (κ1) is 26.8. The molecule has 0 aromatic heterocycles. The number of ether oxygens (including phenoxy) is 3. The Kier molecular flexibility index (Phi) is 18.9. The summed E-state index contributed by atoms with van der Waals surface area (Å²) in [7, 11) is 1.97. The van der Waals surface area contributed by atoms with Gasteiger partial charge in [0.15, 0.2) is 0 Å². The number of rotatable bonds is 14. The Morgan fingerprint density at radius 1 is 0.667 bits per heavy atom. The lowest BCUT2D eigenvalue weighted by Gasteiger charge is -2.26. The second kappa shape index (κ2) is 17.0. The summed E-state index contributed by atoms with van der Waals surface area (Å²) in [6.45, 7) is 9.65. The summed E-state index contributed by atoms with van der Waals surface area (Å²) < 4.78 is 31.8. The molecule has 0 atom stereocenters. The Morgan fingerprint density at radius 2 is 0.958 bits per heavy atom. The van der Waals surface area contributed by atoms with E-state index in [0.717, 1.165) is 0 Å². The van der Waals surface area contributed by atoms with Crippen LogP contribution in [-0.2, 0) is 27.5 Å². The average Bonchev–Trinajstić information content (AvgIpc) is 2.55. The number of hydrogen-bond acceptors (Lipinski definition) is 6. The third kappa shape index (κ3) is 17.4. The highest BCUT2D eigenvalue weighted by Gasteiger charge is 2.37. The number of methoxy groups -OCH3 is 3. The van der Waals surface area contributed by atoms with Crippen LogP contribution in [0.1, 0.15) is 0 Å². The fourth-order valence-electron chi connectivity index (χ4n) is 1.10. The summed E-state index contributed by atoms with van der Waals surface area (Å²) in [4.78, 5) is 0. The lowest BCUT2D eigenvalue weighted by molar-refractivity contribution is 0.0232. The van der Waals surface area contributed by atoms with Gasteiger partial charge in [0.25, 0.3) is 0 Å². The number of halogens is 3. The normalized spacial score (nSPS) is 11.6. The van der Waals surface area contributed by atoms with Crippen LogP contribution in [0.4, 0.5) is 0 Å². The molecule has 0 radical (unpaired) electrons. The average molecular weight is 442 g/mol. The highest BCUT2D eigenvalue weighted by Crippen LogP contribution is 2.19. The highest BCUT2D eigenvalue weighted by molar-refractivity contribution is 7.66. The molecule has 0 aromatic carbocycles. The maximum atomic E-state index is 5.65. The van der Waals surface area contributed by atoms with Crippen molar-refractivity contribution in [3.05, 3.63) is 24.6 Å². The van der Waals surface area contributed by atoms with Gasteiger partial charge in [0.2, 0.25) is 0 Å². The van der Waals surface area contributed by atoms with E-state index in [1.807, 2.05) is 0 Å². The Labute approximate surface area is 161 Å². The second-order valence-corrected chi connectivity index (χ2v) is 15.2. The molecule has 0 fully saturated rings. The molecular formula is C13H27Cl3O6Si2. The van der Waals surface area contributed by atoms with Crippen LogP contribution in [-0.4, -0.2) is 75.8 Å². The van der Waals surface area contributed by atoms with Crippen molar-refractivity contribution < 1.29 is 27.5 Å². The van der Waals surface area contributed by atoms with Gasteiger partial charge in [-0.1, -0.05) is 12.3 Å². The molecule has 0 bridgehead atoms. The third-order valence-corrected chi connectivity index (χ3v) is 6.42. The zero-order valence-corrected chi connectivity index (χ0v) is 18.7. The lowest BCUT2D eigenvalue weighted by Crippen LogP contribution is -2.46. The number of hydrogen-bond donors (Lipinski definition) is 0. The van der Waals surface area contributed by atoms with Crippen LogP contribution in [0.5, 0.6) is 0 Å². The molecular weight excluding hydrogens is 415 g/mol. The fraction of sp³-hybridized carbons (Fsp3) is 0.692. The van der Waals surface area contributed by atoms with Crippen LogP contribution in [0.3, 0.4) is 0 Å². The Hall–Kier alpha value is 0.544. The first-order chi connectivity index (χ1) is 11.3. The molecule has 0 aromatic rings. The third-order valence-electron chi connectivity index (χ3n) is 2.25. The van der Waals surface area contributed by atoms with Crippen molar-refractivity contribution in [3.63, 3.8) is 0 Å². The van der Waals surface area contributed by atoms with Gasteiger partial charge < -0.3 is 27.5 Å². The predicted octanol–water partition coefficient (Wildman–Crippen LogP) is 3.01. The molecule has 144 valence electrons. The summed E-state index contributed by atoms with van der Waals surface area (Å²) >= 11 is 15.8. The van der Waals surface area contributed by atoms with Gasteiger partial charge in [-0.2, -0.15) is 0 Å². The van der Waals surface area contributed by atoms with Gasteiger partial charge >= 0.3 is 14.8 Å². The molecule has 24 heavy (non-hydrogen) atoms. The summed E-state index contributed by atoms with van der Waals surface area (Å²) in [6.07, 6.45) is 0. The summed E-state index contributed by atoms with van der Waals surface area (Å²) in [5.74, 6) is 0. The van der Waals surface area contributed by atoms with E-state index in [9.17, 15) is 0 Å². The van der Waals surface area contributed by atoms with E-state index >= 15 is 0 Å². The van der Waals surface area contributed by atoms with Gasteiger partial charge in [-0.25, -0.2) is 0 Å². The molecule has 0 saturated carbocycles. The van der Waals surface area contributed by atoms with Gasteiger partial charge in [0.1, 0.15) is 0 Å². The molecule has 0 aliphatic heterocycles. The minimum atomic E-state index is -2.86. The van der Waals surface area contributed by atoms with Gasteiger partial charge in [-0.05, 0) is 5.70 Å². The van der Waals surface area contributed by atoms with E-state index in [1.165, 1.54) is 5.70 Å². The van der Waals surface area contributed by atoms with Crippen LogP contribution in [0, 0.1) is 0 Å². The van der Waals surface area contributed by atoms with Crippen LogP contribution >= 0.6 is 33.2 Å². The predicted molar refractivity (Wildman–Crippen MR) is 103 cm³/mol. The largest absolute Gasteiger partial charge is 0.529 e. The first-order valence-corrected chi connectivity index (χ1v) is 13.9. The smallest absolute Gasteiger partial charge is 0.382 e. The summed E-state index contributed by atoms with van der Waals surface area (Å²) in [5.41, 5.74) is 2.98. The monoisotopic (exact) mass is 440 g/mol. The molecule has 0 unspecified atom stereocenters. The fourth-order valence-corrected chi connectivity index (χ4v) is 2.81. The van der Waals surface area contributed by atoms with E-state index in [2.05, 4.69) is 13.2 Å². The summed E-state index contributed by atoms with van der Waals surface area (Å²) in [6, 6.07) is -2.45. The maximum Gasteiger partial charge on any atom is 0.529 e. The lowest BCUT2D eigenvalue weighted by atomic mass is 10.8. The van der Waals surface area contributed by atoms with Gasteiger partial charge in [-0.15, -0.1) is 39.8 Å². The molecule has 0 amide bonds. The zero-order chi connectivity index (χ0) is 18.9. The van der Waals surface area contributed by atoms with E-state index < -0.39 is 14.8 Å². The highest BCUT2D eigenvalue weighted by atomic mass is 35.8. The molecule has 0 rings (SSSR count). The Bertz CT molecular complexity index is 292. The molecule has 0 aliphatic carbocycles. The standard InChI is InChI=1S/C11H24O6Si.C2H3Cl3Si/c1-5-18(15-9-6-12-2,16-10-7-13-3)17-11-8-14-4;1-2-6(3,4)5/h5H,1,6-11H2,2-4H3;2H,1H2. The zero-order valence-electron chi connectivity index (χ0n) is 14.4. The van der Waals surface area contributed by atoms with Gasteiger partial charge in [-0.3, -0.25) is 0 Å². The van der Waals surface area contributed by atoms with Crippen molar-refractivity contribution in [3.8, 4) is 0 Å². The summed E-state index contributed by atoms with van der Waals surface area (Å²) in [5, 5.41) is 0. The van der Waals surface area contributed by atoms with Crippen molar-refractivity contribution in [1.29, 1.82) is 0 Å². The van der Waals surface area contributed by atoms with Gasteiger partial charge in [0.05, 0.1) is 39.6 Å². The van der Waals surface area contributed by atoms with Crippen molar-refractivity contribution in [2.75, 3.05) is 61.0 Å². The Balaban J connectivity index is 0. The van der Waals surface area contributed by atoms with Crippen molar-refractivity contribution in [2.45, 2.75) is 0 Å². The topological polar surface area (TPSA) is 55.4 Å². The molecule has 0 heterocycles. The molecule has 0 aliphatic rings. The maximum absolute atomic E-state index is 5.65. The van der Waals surface area contributed by atoms with E-state index in [0.29, 0.717) is 39.6 Å². The minimum Gasteiger partial charge on any atom is -0.382 e. The molecule has 0 spiro atoms. The van der Waals surface area contributed by atoms with Crippen molar-refractivity contribution >= 4 is 48.0 Å². The van der Waals surface area contributed by atoms with Crippen LogP contribution in [0.15, 0.2) is 24.6 Å². The van der Waals surface area contributed by atoms with Gasteiger partial charge in [0, 0.05) is 21.3 Å². The van der Waals surface area contributed by atoms with E-state index in [-0.39, 0.29) is 0 Å². The second-order valence-electron chi connectivity index (χ2n) is 4.08. The van der Waals surface area contributed by atoms with E-state index in [1.54, 1.807) is 27.0 Å². The minimum absolute atomic E-state index is 0.398. The molecule has 11 heteroatoms. The molecule has 0 saturated heterocycles. The van der Waals surface area contributed by atoms with Crippen molar-refractivity contribution in [1.82, 2.24) is 0 Å².